The van der Waals surface area contributed by atoms with Gasteiger partial charge >= 0.3 is 0 Å². The van der Waals surface area contributed by atoms with E-state index in [0.29, 0.717) is 5.92 Å². The molecule has 7 nitrogen and oxygen atoms in total. The summed E-state index contributed by atoms with van der Waals surface area (Å²) in [6.07, 6.45) is 8.16. The van der Waals surface area contributed by atoms with Crippen molar-refractivity contribution < 1.29 is 0 Å². The van der Waals surface area contributed by atoms with Gasteiger partial charge in [-0.1, -0.05) is 10.4 Å². The van der Waals surface area contributed by atoms with Gasteiger partial charge in [-0.15, -0.1) is 10.2 Å². The van der Waals surface area contributed by atoms with Crippen LogP contribution in [0.2, 0.25) is 0 Å². The minimum atomic E-state index is -0.00393. The Morgan fingerprint density at radius 3 is 2.55 bits per heavy atom. The molecule has 0 bridgehead atoms. The molecule has 3 heterocycles. The van der Waals surface area contributed by atoms with Crippen molar-refractivity contribution in [1.29, 1.82) is 0 Å². The van der Waals surface area contributed by atoms with Crippen molar-refractivity contribution in [1.82, 2.24) is 34.9 Å². The molecule has 0 aliphatic carbocycles. The topological polar surface area (TPSA) is 64.7 Å². The summed E-state index contributed by atoms with van der Waals surface area (Å²) >= 11 is 0. The van der Waals surface area contributed by atoms with Crippen LogP contribution in [0.5, 0.6) is 0 Å². The van der Waals surface area contributed by atoms with Crippen LogP contribution in [0.25, 0.3) is 0 Å². The molecule has 0 atom stereocenters. The molecule has 0 spiro atoms. The van der Waals surface area contributed by atoms with Crippen LogP contribution in [0, 0.1) is 5.92 Å². The smallest absolute Gasteiger partial charge is 0.0967 e. The molecule has 1 aliphatic rings. The van der Waals surface area contributed by atoms with Gasteiger partial charge in [-0.2, -0.15) is 0 Å². The maximum absolute atomic E-state index is 4.31. The van der Waals surface area contributed by atoms with Gasteiger partial charge in [-0.05, 0) is 52.6 Å². The molecule has 0 radical (unpaired) electrons. The van der Waals surface area contributed by atoms with Crippen LogP contribution in [0.1, 0.15) is 39.3 Å². The van der Waals surface area contributed by atoms with E-state index in [1.165, 1.54) is 12.8 Å². The average Bonchev–Trinajstić information content (AvgIpc) is 3.12. The minimum absolute atomic E-state index is 0.00393. The summed E-state index contributed by atoms with van der Waals surface area (Å²) in [5.41, 5.74) is 1.06. The third kappa shape index (κ3) is 3.71. The Hall–Kier alpha value is -1.76. The number of aromatic nitrogens is 6. The van der Waals surface area contributed by atoms with E-state index in [9.17, 15) is 0 Å². The van der Waals surface area contributed by atoms with E-state index in [4.69, 9.17) is 0 Å². The zero-order valence-electron chi connectivity index (χ0n) is 13.7. The zero-order chi connectivity index (χ0) is 15.6. The second kappa shape index (κ2) is 6.16. The minimum Gasteiger partial charge on any atom is -0.297 e. The number of likely N-dealkylation sites (tertiary alicyclic amines) is 1. The molecule has 120 valence electrons. The van der Waals surface area contributed by atoms with E-state index in [-0.39, 0.29) is 5.54 Å². The van der Waals surface area contributed by atoms with E-state index in [2.05, 4.69) is 52.5 Å². The second-order valence-corrected chi connectivity index (χ2v) is 7.17. The fourth-order valence-corrected chi connectivity index (χ4v) is 2.85. The van der Waals surface area contributed by atoms with Gasteiger partial charge < -0.3 is 0 Å². The fourth-order valence-electron chi connectivity index (χ4n) is 2.85. The largest absolute Gasteiger partial charge is 0.297 e. The van der Waals surface area contributed by atoms with Gasteiger partial charge in [0, 0.05) is 19.3 Å². The molecule has 3 rings (SSSR count). The van der Waals surface area contributed by atoms with Crippen molar-refractivity contribution in [2.24, 2.45) is 5.92 Å². The normalized spacial score (nSPS) is 18.0. The van der Waals surface area contributed by atoms with Crippen molar-refractivity contribution in [3.63, 3.8) is 0 Å². The highest BCUT2D eigenvalue weighted by Gasteiger charge is 2.21. The van der Waals surface area contributed by atoms with Gasteiger partial charge in [0.15, 0.2) is 0 Å². The van der Waals surface area contributed by atoms with Crippen molar-refractivity contribution >= 4 is 0 Å². The number of piperidine rings is 1. The standard InChI is InChI=1S/C15H25N7/c1-15(2,3)22-12-14(17-19-22)11-20-7-4-13(5-8-20)10-21-9-6-16-18-21/h6,9,12-13H,4-5,7-8,10-11H2,1-3H3. The lowest BCUT2D eigenvalue weighted by molar-refractivity contribution is 0.162. The van der Waals surface area contributed by atoms with Crippen LogP contribution in [0.3, 0.4) is 0 Å². The Morgan fingerprint density at radius 1 is 1.18 bits per heavy atom. The SMILES string of the molecule is CC(C)(C)n1cc(CN2CCC(Cn3ccnn3)CC2)nn1. The maximum Gasteiger partial charge on any atom is 0.0967 e. The molecule has 0 unspecified atom stereocenters. The second-order valence-electron chi connectivity index (χ2n) is 7.17. The molecule has 7 heteroatoms. The molecule has 0 saturated carbocycles. The predicted molar refractivity (Wildman–Crippen MR) is 83.0 cm³/mol. The number of hydrogen-bond acceptors (Lipinski definition) is 5. The number of hydrogen-bond donors (Lipinski definition) is 0. The summed E-state index contributed by atoms with van der Waals surface area (Å²) in [4.78, 5) is 2.47. The number of nitrogens with zero attached hydrogens (tertiary/aromatic N) is 7. The third-order valence-electron chi connectivity index (χ3n) is 4.24. The first-order valence-corrected chi connectivity index (χ1v) is 7.99. The van der Waals surface area contributed by atoms with E-state index >= 15 is 0 Å². The summed E-state index contributed by atoms with van der Waals surface area (Å²) in [5.74, 6) is 0.697. The lowest BCUT2D eigenvalue weighted by atomic mass is 9.97. The molecule has 0 N–H and O–H groups in total. The Kier molecular flexibility index (Phi) is 4.24. The van der Waals surface area contributed by atoms with Crippen molar-refractivity contribution in [2.45, 2.75) is 52.2 Å². The molecule has 0 amide bonds. The van der Waals surface area contributed by atoms with Crippen molar-refractivity contribution in [2.75, 3.05) is 13.1 Å². The van der Waals surface area contributed by atoms with Gasteiger partial charge in [0.2, 0.25) is 0 Å². The third-order valence-corrected chi connectivity index (χ3v) is 4.24. The van der Waals surface area contributed by atoms with Gasteiger partial charge in [0.25, 0.3) is 0 Å². The Balaban J connectivity index is 1.48. The van der Waals surface area contributed by atoms with E-state index < -0.39 is 0 Å². The van der Waals surface area contributed by atoms with Gasteiger partial charge in [-0.25, -0.2) is 4.68 Å². The van der Waals surface area contributed by atoms with Gasteiger partial charge in [-0.3, -0.25) is 9.58 Å². The summed E-state index contributed by atoms with van der Waals surface area (Å²) in [7, 11) is 0. The molecule has 22 heavy (non-hydrogen) atoms. The summed E-state index contributed by atoms with van der Waals surface area (Å²) in [6, 6.07) is 0. The van der Waals surface area contributed by atoms with Crippen LogP contribution in [0.4, 0.5) is 0 Å². The molecule has 1 aliphatic heterocycles. The molecular weight excluding hydrogens is 278 g/mol. The molecule has 1 saturated heterocycles. The Morgan fingerprint density at radius 2 is 1.95 bits per heavy atom. The highest BCUT2D eigenvalue weighted by Crippen LogP contribution is 2.20. The first kappa shape index (κ1) is 15.1. The van der Waals surface area contributed by atoms with Crippen LogP contribution < -0.4 is 0 Å². The summed E-state index contributed by atoms with van der Waals surface area (Å²) < 4.78 is 3.88. The Bertz CT molecular complexity index is 573. The van der Waals surface area contributed by atoms with E-state index in [0.717, 1.165) is 31.9 Å². The van der Waals surface area contributed by atoms with Gasteiger partial charge in [0.05, 0.1) is 23.6 Å². The fraction of sp³-hybridized carbons (Fsp3) is 0.733. The molecular formula is C15H25N7. The summed E-state index contributed by atoms with van der Waals surface area (Å²) in [5, 5.41) is 16.5. The van der Waals surface area contributed by atoms with Crippen molar-refractivity contribution in [3.05, 3.63) is 24.3 Å². The first-order valence-electron chi connectivity index (χ1n) is 7.99. The first-order chi connectivity index (χ1) is 10.5. The lowest BCUT2D eigenvalue weighted by Gasteiger charge is -2.31. The number of rotatable bonds is 4. The van der Waals surface area contributed by atoms with Crippen LogP contribution in [-0.2, 0) is 18.6 Å². The Labute approximate surface area is 131 Å². The monoisotopic (exact) mass is 303 g/mol. The van der Waals surface area contributed by atoms with Crippen molar-refractivity contribution in [3.8, 4) is 0 Å². The molecule has 2 aromatic rings. The van der Waals surface area contributed by atoms with Crippen LogP contribution in [-0.4, -0.2) is 48.0 Å². The lowest BCUT2D eigenvalue weighted by Crippen LogP contribution is -2.34. The molecule has 0 aromatic carbocycles. The van der Waals surface area contributed by atoms with Crippen LogP contribution >= 0.6 is 0 Å². The van der Waals surface area contributed by atoms with Crippen LogP contribution in [0.15, 0.2) is 18.6 Å². The molecule has 1 fully saturated rings. The predicted octanol–water partition coefficient (Wildman–Crippen LogP) is 1.54. The maximum atomic E-state index is 4.31. The summed E-state index contributed by atoms with van der Waals surface area (Å²) in [6.45, 7) is 10.5. The van der Waals surface area contributed by atoms with E-state index in [1.54, 1.807) is 6.20 Å². The average molecular weight is 303 g/mol. The highest BCUT2D eigenvalue weighted by molar-refractivity contribution is 4.95. The highest BCUT2D eigenvalue weighted by atomic mass is 15.4. The zero-order valence-corrected chi connectivity index (χ0v) is 13.7. The van der Waals surface area contributed by atoms with Gasteiger partial charge in [0.1, 0.15) is 0 Å². The van der Waals surface area contributed by atoms with E-state index in [1.807, 2.05) is 15.6 Å². The quantitative estimate of drug-likeness (QED) is 0.857. The molecule has 2 aromatic heterocycles.